The fourth-order valence-corrected chi connectivity index (χ4v) is 14.0. The third-order valence-electron chi connectivity index (χ3n) is 7.24. The summed E-state index contributed by atoms with van der Waals surface area (Å²) in [5, 5.41) is 0. The number of rotatable bonds is 4. The topological polar surface area (TPSA) is 0 Å². The van der Waals surface area contributed by atoms with Crippen LogP contribution in [0.4, 0.5) is 0 Å². The van der Waals surface area contributed by atoms with E-state index in [1.807, 2.05) is 0 Å². The predicted molar refractivity (Wildman–Crippen MR) is 136 cm³/mol. The van der Waals surface area contributed by atoms with Crippen LogP contribution < -0.4 is 24.8 Å². The van der Waals surface area contributed by atoms with Crippen molar-refractivity contribution in [3.05, 3.63) is 143 Å². The number of allylic oxidation sites excluding steroid dienone is 4. The van der Waals surface area contributed by atoms with Gasteiger partial charge in [0.2, 0.25) is 0 Å². The van der Waals surface area contributed by atoms with Crippen molar-refractivity contribution >= 4 is 22.3 Å². The zero-order valence-electron chi connectivity index (χ0n) is 19.8. The first kappa shape index (κ1) is 25.9. The van der Waals surface area contributed by atoms with Crippen LogP contribution in [-0.4, -0.2) is 0 Å². The summed E-state index contributed by atoms with van der Waals surface area (Å²) in [5.41, 5.74) is 14.9. The fraction of sp³-hybridized carbons (Fsp3) is 0.125. The number of fused-ring (bicyclic) bond motifs is 2. The molecule has 0 N–H and O–H groups in total. The van der Waals surface area contributed by atoms with E-state index in [2.05, 4.69) is 123 Å². The molecule has 4 aromatic rings. The number of hydrogen-bond acceptors (Lipinski definition) is 0. The summed E-state index contributed by atoms with van der Waals surface area (Å²) in [6.07, 6.45) is 0. The molecule has 0 amide bonds. The molecule has 0 saturated carbocycles. The molecular weight excluding hydrogens is 634 g/mol. The molecule has 2 unspecified atom stereocenters. The van der Waals surface area contributed by atoms with Crippen LogP contribution in [0.2, 0.25) is 0 Å². The van der Waals surface area contributed by atoms with E-state index in [1.165, 1.54) is 33.4 Å². The molecule has 0 aliphatic heterocycles. The Morgan fingerprint density at radius 2 is 0.800 bits per heavy atom. The van der Waals surface area contributed by atoms with Crippen molar-refractivity contribution in [1.82, 2.24) is 0 Å². The van der Waals surface area contributed by atoms with E-state index in [-0.39, 0.29) is 24.8 Å². The van der Waals surface area contributed by atoms with Gasteiger partial charge in [-0.1, -0.05) is 0 Å². The predicted octanol–water partition coefficient (Wildman–Crippen LogP) is 2.45. The molecular formula is C32H26Cl2Hf. The second-order valence-electron chi connectivity index (χ2n) is 9.02. The Bertz CT molecular complexity index is 1290. The van der Waals surface area contributed by atoms with Crippen molar-refractivity contribution in [2.24, 2.45) is 0 Å². The van der Waals surface area contributed by atoms with E-state index >= 15 is 0 Å². The Morgan fingerprint density at radius 1 is 0.457 bits per heavy atom. The summed E-state index contributed by atoms with van der Waals surface area (Å²) < 4.78 is 1.15. The molecule has 4 aromatic carbocycles. The molecule has 3 heteroatoms. The average molecular weight is 660 g/mol. The van der Waals surface area contributed by atoms with E-state index in [0.717, 1.165) is 0 Å². The minimum Gasteiger partial charge on any atom is -1.00 e. The standard InChI is InChI=1S/2C16H13.2ClH.Hf/c2*1-12-15-10-6-5-9-14(15)11-16(12)13-7-3-2-4-8-13;;;/h2*2-11H,1H3;2*1H;/q;;;;+2/p-2. The molecule has 35 heavy (non-hydrogen) atoms. The molecule has 172 valence electrons. The van der Waals surface area contributed by atoms with Gasteiger partial charge in [0.05, 0.1) is 0 Å². The second kappa shape index (κ2) is 10.8. The van der Waals surface area contributed by atoms with Crippen LogP contribution in [-0.2, 0) is 22.9 Å². The third kappa shape index (κ3) is 4.44. The molecule has 2 atom stereocenters. The molecule has 0 saturated heterocycles. The molecule has 0 radical (unpaired) electrons. The third-order valence-corrected chi connectivity index (χ3v) is 13.9. The number of benzene rings is 4. The van der Waals surface area contributed by atoms with Gasteiger partial charge in [0.15, 0.2) is 0 Å². The molecule has 0 heterocycles. The van der Waals surface area contributed by atoms with Gasteiger partial charge in [-0.05, 0) is 0 Å². The van der Waals surface area contributed by atoms with Crippen LogP contribution in [0.25, 0.3) is 22.3 Å². The van der Waals surface area contributed by atoms with Gasteiger partial charge in [0.1, 0.15) is 0 Å². The van der Waals surface area contributed by atoms with E-state index in [1.54, 1.807) is 22.3 Å². The number of halogens is 2. The SMILES string of the molecule is CC1=C(c2ccccc2)[CH]([Hf+2][CH]2C(c3ccccc3)=C(C)c3ccccc32)c2ccccc21.[Cl-].[Cl-]. The largest absolute Gasteiger partial charge is 1.00 e. The minimum atomic E-state index is -1.29. The van der Waals surface area contributed by atoms with Crippen molar-refractivity contribution in [1.29, 1.82) is 0 Å². The van der Waals surface area contributed by atoms with Gasteiger partial charge in [-0.15, -0.1) is 0 Å². The number of hydrogen-bond donors (Lipinski definition) is 0. The first-order valence-corrected chi connectivity index (χ1v) is 15.9. The van der Waals surface area contributed by atoms with Gasteiger partial charge in [-0.3, -0.25) is 0 Å². The minimum absolute atomic E-state index is 0. The van der Waals surface area contributed by atoms with Crippen molar-refractivity contribution in [3.8, 4) is 0 Å². The second-order valence-corrected chi connectivity index (χ2v) is 14.4. The molecule has 6 rings (SSSR count). The van der Waals surface area contributed by atoms with Crippen LogP contribution in [0.5, 0.6) is 0 Å². The molecule has 2 aliphatic rings. The summed E-state index contributed by atoms with van der Waals surface area (Å²) in [6.45, 7) is 4.68. The molecule has 0 bridgehead atoms. The van der Waals surface area contributed by atoms with Gasteiger partial charge in [0, 0.05) is 0 Å². The zero-order valence-corrected chi connectivity index (χ0v) is 24.9. The molecule has 0 spiro atoms. The van der Waals surface area contributed by atoms with Crippen molar-refractivity contribution in [2.45, 2.75) is 21.2 Å². The Hall–Kier alpha value is -2.19. The van der Waals surface area contributed by atoms with Crippen LogP contribution in [0.15, 0.2) is 109 Å². The first-order valence-electron chi connectivity index (χ1n) is 11.7. The van der Waals surface area contributed by atoms with Crippen LogP contribution in [0, 0.1) is 0 Å². The monoisotopic (exact) mass is 660 g/mol. The van der Waals surface area contributed by atoms with Gasteiger partial charge < -0.3 is 24.8 Å². The van der Waals surface area contributed by atoms with Crippen LogP contribution in [0.1, 0.15) is 54.6 Å². The Kier molecular flexibility index (Phi) is 8.01. The van der Waals surface area contributed by atoms with Gasteiger partial charge in [0.25, 0.3) is 0 Å². The van der Waals surface area contributed by atoms with Crippen molar-refractivity contribution in [3.63, 3.8) is 0 Å². The summed E-state index contributed by atoms with van der Waals surface area (Å²) >= 11 is -1.29. The smallest absolute Gasteiger partial charge is 1.00 e. The van der Waals surface area contributed by atoms with Gasteiger partial charge >= 0.3 is 209 Å². The summed E-state index contributed by atoms with van der Waals surface area (Å²) in [6, 6.07) is 40.6. The molecule has 0 aromatic heterocycles. The Balaban J connectivity index is 0.00000144. The molecule has 2 aliphatic carbocycles. The first-order chi connectivity index (χ1) is 16.2. The Morgan fingerprint density at radius 3 is 1.20 bits per heavy atom. The van der Waals surface area contributed by atoms with Gasteiger partial charge in [-0.25, -0.2) is 0 Å². The van der Waals surface area contributed by atoms with E-state index < -0.39 is 22.9 Å². The molecule has 0 fully saturated rings. The summed E-state index contributed by atoms with van der Waals surface area (Å²) in [5.74, 6) is 0. The van der Waals surface area contributed by atoms with Crippen LogP contribution in [0.3, 0.4) is 0 Å². The zero-order chi connectivity index (χ0) is 22.4. The van der Waals surface area contributed by atoms with E-state index in [0.29, 0.717) is 7.35 Å². The Labute approximate surface area is 232 Å². The van der Waals surface area contributed by atoms with Crippen LogP contribution >= 0.6 is 0 Å². The fourth-order valence-electron chi connectivity index (χ4n) is 5.73. The summed E-state index contributed by atoms with van der Waals surface area (Å²) in [4.78, 5) is 0. The maximum Gasteiger partial charge on any atom is -1.00 e. The average Bonchev–Trinajstić information content (AvgIpc) is 3.32. The van der Waals surface area contributed by atoms with E-state index in [4.69, 9.17) is 0 Å². The summed E-state index contributed by atoms with van der Waals surface area (Å²) in [7, 11) is 0. The maximum atomic E-state index is 2.39. The quantitative estimate of drug-likeness (QED) is 0.296. The normalized spacial score (nSPS) is 17.8. The van der Waals surface area contributed by atoms with Crippen molar-refractivity contribution in [2.75, 3.05) is 0 Å². The maximum absolute atomic E-state index is 2.39. The van der Waals surface area contributed by atoms with Gasteiger partial charge in [-0.2, -0.15) is 0 Å². The van der Waals surface area contributed by atoms with E-state index in [9.17, 15) is 0 Å². The molecule has 0 nitrogen and oxygen atoms in total. The van der Waals surface area contributed by atoms with Crippen molar-refractivity contribution < 1.29 is 47.7 Å².